The first-order chi connectivity index (χ1) is 16.3. The number of hydrogen-bond donors (Lipinski definition) is 0. The average molecular weight is 488 g/mol. The van der Waals surface area contributed by atoms with Gasteiger partial charge in [-0.3, -0.25) is 14.2 Å². The highest BCUT2D eigenvalue weighted by Gasteiger charge is 2.32. The van der Waals surface area contributed by atoms with Crippen LogP contribution in [0.2, 0.25) is 0 Å². The van der Waals surface area contributed by atoms with Gasteiger partial charge in [-0.15, -0.1) is 0 Å². The number of ether oxygens (including phenoxy) is 1. The Balaban J connectivity index is 1.29. The minimum atomic E-state index is -3.62. The number of hydrogen-bond acceptors (Lipinski definition) is 7. The molecular weight excluding hydrogens is 462 g/mol. The summed E-state index contributed by atoms with van der Waals surface area (Å²) in [5.41, 5.74) is 1.01. The SMILES string of the molecule is C[C@H](OC(=O)CCn1c(=O)oc2ccccc21)C(=O)N1CCN(S(=O)(=O)c2ccccc2)CC1. The highest BCUT2D eigenvalue weighted by molar-refractivity contribution is 7.89. The van der Waals surface area contributed by atoms with Crippen molar-refractivity contribution in [1.82, 2.24) is 13.8 Å². The molecule has 1 saturated heterocycles. The van der Waals surface area contributed by atoms with Crippen LogP contribution in [0.15, 0.2) is 68.7 Å². The number of para-hydroxylation sites is 2. The molecule has 0 bridgehead atoms. The standard InChI is InChI=1S/C23H25N3O7S/c1-17(32-21(27)11-12-26-19-9-5-6-10-20(19)33-23(26)29)22(28)24-13-15-25(16-14-24)34(30,31)18-7-3-2-4-8-18/h2-10,17H,11-16H2,1H3/t17-/m0/s1. The van der Waals surface area contributed by atoms with Gasteiger partial charge in [0.2, 0.25) is 10.0 Å². The Morgan fingerprint density at radius 1 is 1.00 bits per heavy atom. The van der Waals surface area contributed by atoms with Gasteiger partial charge < -0.3 is 14.1 Å². The number of amides is 1. The van der Waals surface area contributed by atoms with E-state index in [0.29, 0.717) is 11.1 Å². The van der Waals surface area contributed by atoms with E-state index in [1.54, 1.807) is 42.5 Å². The molecule has 1 fully saturated rings. The molecule has 2 heterocycles. The van der Waals surface area contributed by atoms with Crippen LogP contribution in [0.25, 0.3) is 11.1 Å². The smallest absolute Gasteiger partial charge is 0.419 e. The van der Waals surface area contributed by atoms with Gasteiger partial charge in [-0.25, -0.2) is 13.2 Å². The van der Waals surface area contributed by atoms with E-state index in [1.165, 1.54) is 32.8 Å². The van der Waals surface area contributed by atoms with Gasteiger partial charge in [0.25, 0.3) is 5.91 Å². The van der Waals surface area contributed by atoms with E-state index in [2.05, 4.69) is 0 Å². The van der Waals surface area contributed by atoms with Crippen LogP contribution in [0.4, 0.5) is 0 Å². The molecule has 1 aliphatic rings. The second-order valence-corrected chi connectivity index (χ2v) is 9.85. The van der Waals surface area contributed by atoms with E-state index < -0.39 is 33.8 Å². The quantitative estimate of drug-likeness (QED) is 0.463. The fraction of sp³-hybridized carbons (Fsp3) is 0.348. The predicted molar refractivity (Wildman–Crippen MR) is 122 cm³/mol. The minimum absolute atomic E-state index is 0.0611. The van der Waals surface area contributed by atoms with Crippen molar-refractivity contribution in [3.05, 3.63) is 65.1 Å². The van der Waals surface area contributed by atoms with Gasteiger partial charge in [-0.1, -0.05) is 30.3 Å². The molecule has 3 aromatic rings. The number of nitrogens with zero attached hydrogens (tertiary/aromatic N) is 3. The van der Waals surface area contributed by atoms with Gasteiger partial charge in [-0.05, 0) is 31.2 Å². The summed E-state index contributed by atoms with van der Waals surface area (Å²) < 4.78 is 38.6. The Bertz CT molecular complexity index is 1340. The van der Waals surface area contributed by atoms with Crippen LogP contribution in [0.5, 0.6) is 0 Å². The van der Waals surface area contributed by atoms with E-state index in [-0.39, 0.29) is 44.0 Å². The summed E-state index contributed by atoms with van der Waals surface area (Å²) in [4.78, 5) is 38.7. The number of carbonyl (C=O) groups is 2. The molecule has 0 aliphatic carbocycles. The number of aryl methyl sites for hydroxylation is 1. The van der Waals surface area contributed by atoms with Crippen molar-refractivity contribution < 1.29 is 27.2 Å². The highest BCUT2D eigenvalue weighted by Crippen LogP contribution is 2.18. The van der Waals surface area contributed by atoms with Crippen molar-refractivity contribution in [3.8, 4) is 0 Å². The lowest BCUT2D eigenvalue weighted by Gasteiger charge is -2.35. The zero-order valence-electron chi connectivity index (χ0n) is 18.6. The second kappa shape index (κ2) is 9.82. The Kier molecular flexibility index (Phi) is 6.85. The number of esters is 1. The van der Waals surface area contributed by atoms with E-state index >= 15 is 0 Å². The maximum Gasteiger partial charge on any atom is 0.419 e. The number of carbonyl (C=O) groups excluding carboxylic acids is 2. The summed E-state index contributed by atoms with van der Waals surface area (Å²) in [6.45, 7) is 2.24. The molecule has 0 radical (unpaired) electrons. The van der Waals surface area contributed by atoms with Crippen molar-refractivity contribution in [3.63, 3.8) is 0 Å². The third kappa shape index (κ3) is 4.90. The van der Waals surface area contributed by atoms with Crippen LogP contribution in [0.3, 0.4) is 0 Å². The number of oxazole rings is 1. The van der Waals surface area contributed by atoms with Crippen LogP contribution in [0, 0.1) is 0 Å². The third-order valence-corrected chi connectivity index (χ3v) is 7.61. The normalized spacial score (nSPS) is 15.9. The zero-order valence-corrected chi connectivity index (χ0v) is 19.4. The van der Waals surface area contributed by atoms with Gasteiger partial charge in [0.15, 0.2) is 11.7 Å². The fourth-order valence-electron chi connectivity index (χ4n) is 3.88. The maximum atomic E-state index is 12.7. The molecule has 0 N–H and O–H groups in total. The number of fused-ring (bicyclic) bond motifs is 1. The number of sulfonamides is 1. The molecule has 0 unspecified atom stereocenters. The monoisotopic (exact) mass is 487 g/mol. The Morgan fingerprint density at radius 3 is 2.35 bits per heavy atom. The molecule has 0 spiro atoms. The van der Waals surface area contributed by atoms with Crippen molar-refractivity contribution in [2.75, 3.05) is 26.2 Å². The Morgan fingerprint density at radius 2 is 1.65 bits per heavy atom. The summed E-state index contributed by atoms with van der Waals surface area (Å²) in [5.74, 6) is -1.58. The molecule has 34 heavy (non-hydrogen) atoms. The number of piperazine rings is 1. The summed E-state index contributed by atoms with van der Waals surface area (Å²) in [7, 11) is -3.62. The lowest BCUT2D eigenvalue weighted by molar-refractivity contribution is -0.159. The first-order valence-corrected chi connectivity index (χ1v) is 12.3. The Labute approximate surface area is 196 Å². The van der Waals surface area contributed by atoms with Crippen LogP contribution < -0.4 is 5.76 Å². The average Bonchev–Trinajstić information content (AvgIpc) is 3.17. The maximum absolute atomic E-state index is 12.7. The first kappa shape index (κ1) is 23.7. The van der Waals surface area contributed by atoms with Crippen molar-refractivity contribution in [2.24, 2.45) is 0 Å². The summed E-state index contributed by atoms with van der Waals surface area (Å²) in [5, 5.41) is 0. The number of benzene rings is 2. The first-order valence-electron chi connectivity index (χ1n) is 10.9. The molecule has 1 amide bonds. The van der Waals surface area contributed by atoms with Crippen LogP contribution in [0.1, 0.15) is 13.3 Å². The molecule has 11 heteroatoms. The van der Waals surface area contributed by atoms with Crippen molar-refractivity contribution in [2.45, 2.75) is 30.9 Å². The lowest BCUT2D eigenvalue weighted by atomic mass is 10.3. The number of rotatable bonds is 7. The Hall–Kier alpha value is -3.44. The largest absolute Gasteiger partial charge is 0.452 e. The van der Waals surface area contributed by atoms with E-state index in [0.717, 1.165) is 0 Å². The van der Waals surface area contributed by atoms with Gasteiger partial charge in [0, 0.05) is 32.7 Å². The summed E-state index contributed by atoms with van der Waals surface area (Å²) >= 11 is 0. The molecule has 1 aromatic heterocycles. The molecule has 2 aromatic carbocycles. The van der Waals surface area contributed by atoms with E-state index in [4.69, 9.17) is 9.15 Å². The van der Waals surface area contributed by atoms with E-state index in [1.807, 2.05) is 0 Å². The predicted octanol–water partition coefficient (Wildman–Crippen LogP) is 1.45. The molecule has 1 atom stereocenters. The molecule has 0 saturated carbocycles. The van der Waals surface area contributed by atoms with Gasteiger partial charge in [-0.2, -0.15) is 4.31 Å². The van der Waals surface area contributed by atoms with Gasteiger partial charge in [0.1, 0.15) is 0 Å². The molecule has 180 valence electrons. The molecular formula is C23H25N3O7S. The van der Waals surface area contributed by atoms with Crippen molar-refractivity contribution in [1.29, 1.82) is 0 Å². The topological polar surface area (TPSA) is 119 Å². The summed E-state index contributed by atoms with van der Waals surface area (Å²) in [6, 6.07) is 15.0. The van der Waals surface area contributed by atoms with Crippen LogP contribution in [-0.2, 0) is 30.9 Å². The lowest BCUT2D eigenvalue weighted by Crippen LogP contribution is -2.52. The van der Waals surface area contributed by atoms with Crippen LogP contribution in [-0.4, -0.2) is 66.3 Å². The van der Waals surface area contributed by atoms with Crippen molar-refractivity contribution >= 4 is 33.0 Å². The minimum Gasteiger partial charge on any atom is -0.452 e. The van der Waals surface area contributed by atoms with E-state index in [9.17, 15) is 22.8 Å². The highest BCUT2D eigenvalue weighted by atomic mass is 32.2. The zero-order chi connectivity index (χ0) is 24.3. The van der Waals surface area contributed by atoms with Gasteiger partial charge >= 0.3 is 11.7 Å². The molecule has 4 rings (SSSR count). The summed E-state index contributed by atoms with van der Waals surface area (Å²) in [6.07, 6.45) is -1.13. The van der Waals surface area contributed by atoms with Crippen LogP contribution >= 0.6 is 0 Å². The fourth-order valence-corrected chi connectivity index (χ4v) is 5.33. The van der Waals surface area contributed by atoms with Gasteiger partial charge in [0.05, 0.1) is 16.8 Å². The molecule has 10 nitrogen and oxygen atoms in total. The second-order valence-electron chi connectivity index (χ2n) is 7.91. The third-order valence-electron chi connectivity index (χ3n) is 5.70. The molecule has 1 aliphatic heterocycles. The number of aromatic nitrogens is 1.